The highest BCUT2D eigenvalue weighted by Crippen LogP contribution is 2.29. The Balaban J connectivity index is 1.58. The van der Waals surface area contributed by atoms with Crippen molar-refractivity contribution in [3.63, 3.8) is 0 Å². The standard InChI is InChI=1S/C10H20N2/c1-2-10(3-1)4-7-12-8-5-11-6-9-12/h10-11H,1-9H2. The van der Waals surface area contributed by atoms with Gasteiger partial charge in [-0.25, -0.2) is 0 Å². The molecule has 1 saturated carbocycles. The largest absolute Gasteiger partial charge is 0.314 e. The second-order valence-electron chi connectivity index (χ2n) is 4.18. The second kappa shape index (κ2) is 4.24. The number of nitrogens with zero attached hydrogens (tertiary/aromatic N) is 1. The van der Waals surface area contributed by atoms with Crippen LogP contribution in [0.4, 0.5) is 0 Å². The van der Waals surface area contributed by atoms with E-state index in [1.807, 2.05) is 0 Å². The normalized spacial score (nSPS) is 27.0. The summed E-state index contributed by atoms with van der Waals surface area (Å²) >= 11 is 0. The fourth-order valence-corrected chi connectivity index (χ4v) is 2.08. The lowest BCUT2D eigenvalue weighted by Crippen LogP contribution is -2.44. The van der Waals surface area contributed by atoms with Crippen molar-refractivity contribution in [3.05, 3.63) is 0 Å². The fraction of sp³-hybridized carbons (Fsp3) is 1.00. The number of piperazine rings is 1. The van der Waals surface area contributed by atoms with E-state index in [9.17, 15) is 0 Å². The third-order valence-electron chi connectivity index (χ3n) is 3.29. The molecule has 1 aliphatic carbocycles. The van der Waals surface area contributed by atoms with E-state index in [2.05, 4.69) is 10.2 Å². The van der Waals surface area contributed by atoms with E-state index in [1.165, 1.54) is 58.4 Å². The van der Waals surface area contributed by atoms with Crippen LogP contribution in [0.5, 0.6) is 0 Å². The van der Waals surface area contributed by atoms with Gasteiger partial charge in [-0.2, -0.15) is 0 Å². The maximum absolute atomic E-state index is 3.39. The molecular formula is C10H20N2. The minimum absolute atomic E-state index is 1.08. The zero-order valence-electron chi connectivity index (χ0n) is 7.89. The third-order valence-corrected chi connectivity index (χ3v) is 3.29. The Morgan fingerprint density at radius 2 is 1.92 bits per heavy atom. The van der Waals surface area contributed by atoms with Gasteiger partial charge in [0.05, 0.1) is 0 Å². The molecule has 2 nitrogen and oxygen atoms in total. The first-order valence-corrected chi connectivity index (χ1v) is 5.38. The van der Waals surface area contributed by atoms with Crippen molar-refractivity contribution in [3.8, 4) is 0 Å². The zero-order valence-corrected chi connectivity index (χ0v) is 7.89. The highest BCUT2D eigenvalue weighted by Gasteiger charge is 2.18. The van der Waals surface area contributed by atoms with Crippen LogP contribution in [0.1, 0.15) is 25.7 Å². The summed E-state index contributed by atoms with van der Waals surface area (Å²) in [6.07, 6.45) is 5.96. The van der Waals surface area contributed by atoms with Crippen molar-refractivity contribution < 1.29 is 0 Å². The van der Waals surface area contributed by atoms with E-state index in [1.54, 1.807) is 0 Å². The van der Waals surface area contributed by atoms with E-state index < -0.39 is 0 Å². The number of hydrogen-bond acceptors (Lipinski definition) is 2. The maximum atomic E-state index is 3.39. The molecule has 1 aliphatic heterocycles. The van der Waals surface area contributed by atoms with Gasteiger partial charge in [0, 0.05) is 26.2 Å². The predicted molar refractivity (Wildman–Crippen MR) is 51.3 cm³/mol. The molecule has 2 aliphatic rings. The van der Waals surface area contributed by atoms with Crippen LogP contribution in [-0.4, -0.2) is 37.6 Å². The minimum Gasteiger partial charge on any atom is -0.314 e. The Labute approximate surface area is 75.3 Å². The molecule has 0 aromatic heterocycles. The predicted octanol–water partition coefficient (Wildman–Crippen LogP) is 1.08. The molecule has 0 unspecified atom stereocenters. The monoisotopic (exact) mass is 168 g/mol. The van der Waals surface area contributed by atoms with Gasteiger partial charge in [-0.3, -0.25) is 0 Å². The van der Waals surface area contributed by atoms with Crippen LogP contribution in [-0.2, 0) is 0 Å². The SMILES string of the molecule is C1CC(CCN2CCNCC2)C1. The molecule has 0 bridgehead atoms. The van der Waals surface area contributed by atoms with Crippen LogP contribution in [0.3, 0.4) is 0 Å². The lowest BCUT2D eigenvalue weighted by molar-refractivity contribution is 0.196. The van der Waals surface area contributed by atoms with Crippen LogP contribution in [0.2, 0.25) is 0 Å². The van der Waals surface area contributed by atoms with E-state index >= 15 is 0 Å². The first-order valence-electron chi connectivity index (χ1n) is 5.38. The van der Waals surface area contributed by atoms with E-state index in [0.29, 0.717) is 0 Å². The van der Waals surface area contributed by atoms with Crippen molar-refractivity contribution in [1.29, 1.82) is 0 Å². The average Bonchev–Trinajstić information content (AvgIpc) is 2.04. The van der Waals surface area contributed by atoms with E-state index in [-0.39, 0.29) is 0 Å². The number of nitrogens with one attached hydrogen (secondary N) is 1. The Morgan fingerprint density at radius 1 is 1.17 bits per heavy atom. The van der Waals surface area contributed by atoms with Crippen molar-refractivity contribution in [2.45, 2.75) is 25.7 Å². The molecule has 0 aromatic rings. The van der Waals surface area contributed by atoms with Crippen LogP contribution in [0, 0.1) is 5.92 Å². The van der Waals surface area contributed by atoms with Crippen LogP contribution < -0.4 is 5.32 Å². The molecule has 0 radical (unpaired) electrons. The lowest BCUT2D eigenvalue weighted by Gasteiger charge is -2.31. The number of hydrogen-bond donors (Lipinski definition) is 1. The van der Waals surface area contributed by atoms with Gasteiger partial charge in [0.25, 0.3) is 0 Å². The van der Waals surface area contributed by atoms with Gasteiger partial charge in [0.1, 0.15) is 0 Å². The number of rotatable bonds is 3. The Kier molecular flexibility index (Phi) is 3.01. The van der Waals surface area contributed by atoms with Gasteiger partial charge in [-0.05, 0) is 18.9 Å². The highest BCUT2D eigenvalue weighted by atomic mass is 15.2. The first-order chi connectivity index (χ1) is 5.95. The van der Waals surface area contributed by atoms with Crippen LogP contribution in [0.15, 0.2) is 0 Å². The topological polar surface area (TPSA) is 15.3 Å². The third kappa shape index (κ3) is 2.20. The molecule has 2 fully saturated rings. The molecule has 1 N–H and O–H groups in total. The average molecular weight is 168 g/mol. The minimum atomic E-state index is 1.08. The molecule has 2 heteroatoms. The molecule has 1 saturated heterocycles. The summed E-state index contributed by atoms with van der Waals surface area (Å²) in [6.45, 7) is 6.29. The summed E-state index contributed by atoms with van der Waals surface area (Å²) < 4.78 is 0. The summed E-state index contributed by atoms with van der Waals surface area (Å²) in [5, 5.41) is 3.39. The Morgan fingerprint density at radius 3 is 2.50 bits per heavy atom. The van der Waals surface area contributed by atoms with Gasteiger partial charge in [-0.1, -0.05) is 19.3 Å². The van der Waals surface area contributed by atoms with Gasteiger partial charge in [0.2, 0.25) is 0 Å². The molecule has 12 heavy (non-hydrogen) atoms. The van der Waals surface area contributed by atoms with Crippen LogP contribution in [0.25, 0.3) is 0 Å². The Hall–Kier alpha value is -0.0800. The highest BCUT2D eigenvalue weighted by molar-refractivity contribution is 4.73. The summed E-state index contributed by atoms with van der Waals surface area (Å²) in [7, 11) is 0. The molecule has 0 amide bonds. The molecule has 0 aromatic carbocycles. The molecule has 2 rings (SSSR count). The Bertz CT molecular complexity index is 126. The molecule has 0 spiro atoms. The van der Waals surface area contributed by atoms with E-state index in [0.717, 1.165) is 5.92 Å². The maximum Gasteiger partial charge on any atom is 0.0107 e. The smallest absolute Gasteiger partial charge is 0.0107 e. The van der Waals surface area contributed by atoms with Crippen molar-refractivity contribution in [2.75, 3.05) is 32.7 Å². The zero-order chi connectivity index (χ0) is 8.23. The van der Waals surface area contributed by atoms with Gasteiger partial charge in [0.15, 0.2) is 0 Å². The van der Waals surface area contributed by atoms with Gasteiger partial charge in [-0.15, -0.1) is 0 Å². The van der Waals surface area contributed by atoms with Crippen molar-refractivity contribution in [1.82, 2.24) is 10.2 Å². The molecular weight excluding hydrogens is 148 g/mol. The molecule has 1 heterocycles. The van der Waals surface area contributed by atoms with Gasteiger partial charge >= 0.3 is 0 Å². The lowest BCUT2D eigenvalue weighted by atomic mass is 9.83. The van der Waals surface area contributed by atoms with Gasteiger partial charge < -0.3 is 10.2 Å². The summed E-state index contributed by atoms with van der Waals surface area (Å²) in [5.74, 6) is 1.08. The summed E-state index contributed by atoms with van der Waals surface area (Å²) in [5.41, 5.74) is 0. The fourth-order valence-electron chi connectivity index (χ4n) is 2.08. The quantitative estimate of drug-likeness (QED) is 0.678. The molecule has 70 valence electrons. The summed E-state index contributed by atoms with van der Waals surface area (Å²) in [6, 6.07) is 0. The van der Waals surface area contributed by atoms with Crippen LogP contribution >= 0.6 is 0 Å². The second-order valence-corrected chi connectivity index (χ2v) is 4.18. The van der Waals surface area contributed by atoms with Crippen molar-refractivity contribution in [2.24, 2.45) is 5.92 Å². The molecule has 0 atom stereocenters. The van der Waals surface area contributed by atoms with Crippen molar-refractivity contribution >= 4 is 0 Å². The summed E-state index contributed by atoms with van der Waals surface area (Å²) in [4.78, 5) is 2.61. The van der Waals surface area contributed by atoms with E-state index in [4.69, 9.17) is 0 Å². The first kappa shape index (κ1) is 8.52.